The Hall–Kier alpha value is -3.48. The van der Waals surface area contributed by atoms with Gasteiger partial charge in [0.15, 0.2) is 0 Å². The zero-order valence-corrected chi connectivity index (χ0v) is 16.0. The van der Waals surface area contributed by atoms with E-state index >= 15 is 0 Å². The van der Waals surface area contributed by atoms with Gasteiger partial charge in [0.05, 0.1) is 0 Å². The molecule has 1 aliphatic heterocycles. The molecule has 1 saturated heterocycles. The van der Waals surface area contributed by atoms with Gasteiger partial charge in [-0.05, 0) is 54.3 Å². The summed E-state index contributed by atoms with van der Waals surface area (Å²) in [5, 5.41) is 6.92. The molecule has 4 rings (SSSR count). The van der Waals surface area contributed by atoms with Crippen LogP contribution in [-0.2, 0) is 11.8 Å². The maximum absolute atomic E-state index is 13.4. The minimum atomic E-state index is -0.514. The first-order chi connectivity index (χ1) is 14.0. The molecule has 1 fully saturated rings. The number of rotatable bonds is 4. The SMILES string of the molecule is Cn1nccc1C(=O)N1CCC[C@H]1C(=O)Nc1ccc(-c2cccc(F)c2)cc1. The number of aromatic nitrogens is 2. The van der Waals surface area contributed by atoms with Crippen LogP contribution >= 0.6 is 0 Å². The molecule has 0 aliphatic carbocycles. The van der Waals surface area contributed by atoms with E-state index in [1.165, 1.54) is 16.8 Å². The molecule has 1 atom stereocenters. The minimum absolute atomic E-state index is 0.191. The number of nitrogens with one attached hydrogen (secondary N) is 1. The van der Waals surface area contributed by atoms with Gasteiger partial charge in [-0.3, -0.25) is 14.3 Å². The van der Waals surface area contributed by atoms with Crippen LogP contribution in [0.25, 0.3) is 11.1 Å². The fraction of sp³-hybridized carbons (Fsp3) is 0.227. The molecule has 2 heterocycles. The fourth-order valence-corrected chi connectivity index (χ4v) is 3.65. The van der Waals surface area contributed by atoms with Gasteiger partial charge in [0.25, 0.3) is 5.91 Å². The molecule has 1 aliphatic rings. The van der Waals surface area contributed by atoms with Crippen LogP contribution in [0.5, 0.6) is 0 Å². The Morgan fingerprint density at radius 1 is 1.10 bits per heavy atom. The van der Waals surface area contributed by atoms with Crippen LogP contribution in [-0.4, -0.2) is 39.1 Å². The summed E-state index contributed by atoms with van der Waals surface area (Å²) >= 11 is 0. The zero-order chi connectivity index (χ0) is 20.4. The smallest absolute Gasteiger partial charge is 0.272 e. The lowest BCUT2D eigenvalue weighted by Crippen LogP contribution is -2.43. The molecule has 1 N–H and O–H groups in total. The van der Waals surface area contributed by atoms with Gasteiger partial charge in [0.1, 0.15) is 17.6 Å². The first-order valence-corrected chi connectivity index (χ1v) is 9.49. The normalized spacial score (nSPS) is 16.1. The molecule has 7 heteroatoms. The van der Waals surface area contributed by atoms with E-state index < -0.39 is 6.04 Å². The van der Waals surface area contributed by atoms with Gasteiger partial charge < -0.3 is 10.2 Å². The number of carbonyl (C=O) groups excluding carboxylic acids is 2. The van der Waals surface area contributed by atoms with Crippen LogP contribution in [0.2, 0.25) is 0 Å². The van der Waals surface area contributed by atoms with Crippen LogP contribution in [0.1, 0.15) is 23.3 Å². The Kier molecular flexibility index (Phi) is 5.12. The Bertz CT molecular complexity index is 1040. The molecular weight excluding hydrogens is 371 g/mol. The van der Waals surface area contributed by atoms with E-state index in [1.807, 2.05) is 18.2 Å². The van der Waals surface area contributed by atoms with E-state index in [4.69, 9.17) is 0 Å². The number of likely N-dealkylation sites (tertiary alicyclic amines) is 1. The molecule has 1 aromatic heterocycles. The van der Waals surface area contributed by atoms with Crippen LogP contribution in [0.15, 0.2) is 60.8 Å². The summed E-state index contributed by atoms with van der Waals surface area (Å²) in [5.41, 5.74) is 2.72. The third-order valence-corrected chi connectivity index (χ3v) is 5.17. The zero-order valence-electron chi connectivity index (χ0n) is 16.0. The quantitative estimate of drug-likeness (QED) is 0.739. The second-order valence-corrected chi connectivity index (χ2v) is 7.07. The molecule has 6 nitrogen and oxygen atoms in total. The molecule has 0 saturated carbocycles. The Balaban J connectivity index is 1.46. The third kappa shape index (κ3) is 3.89. The monoisotopic (exact) mass is 392 g/mol. The van der Waals surface area contributed by atoms with Gasteiger partial charge in [-0.2, -0.15) is 5.10 Å². The number of carbonyl (C=O) groups is 2. The summed E-state index contributed by atoms with van der Waals surface area (Å²) in [7, 11) is 1.71. The van der Waals surface area contributed by atoms with Crippen LogP contribution < -0.4 is 5.32 Å². The van der Waals surface area contributed by atoms with E-state index in [-0.39, 0.29) is 17.6 Å². The summed E-state index contributed by atoms with van der Waals surface area (Å²) in [4.78, 5) is 27.2. The summed E-state index contributed by atoms with van der Waals surface area (Å²) in [5.74, 6) is -0.695. The van der Waals surface area contributed by atoms with Gasteiger partial charge in [-0.25, -0.2) is 4.39 Å². The van der Waals surface area contributed by atoms with Gasteiger partial charge in [-0.15, -0.1) is 0 Å². The lowest BCUT2D eigenvalue weighted by molar-refractivity contribution is -0.119. The molecule has 3 aromatic rings. The number of anilines is 1. The van der Waals surface area contributed by atoms with E-state index in [9.17, 15) is 14.0 Å². The summed E-state index contributed by atoms with van der Waals surface area (Å²) < 4.78 is 14.9. The molecule has 2 aromatic carbocycles. The highest BCUT2D eigenvalue weighted by Gasteiger charge is 2.35. The Labute approximate surface area is 167 Å². The van der Waals surface area contributed by atoms with Crippen LogP contribution in [0, 0.1) is 5.82 Å². The van der Waals surface area contributed by atoms with Crippen molar-refractivity contribution in [1.82, 2.24) is 14.7 Å². The van der Waals surface area contributed by atoms with Crippen molar-refractivity contribution in [1.29, 1.82) is 0 Å². The lowest BCUT2D eigenvalue weighted by Gasteiger charge is -2.24. The van der Waals surface area contributed by atoms with Crippen molar-refractivity contribution in [3.63, 3.8) is 0 Å². The molecule has 0 unspecified atom stereocenters. The van der Waals surface area contributed by atoms with Crippen LogP contribution in [0.4, 0.5) is 10.1 Å². The summed E-state index contributed by atoms with van der Waals surface area (Å²) in [6.45, 7) is 0.542. The van der Waals surface area contributed by atoms with Crippen molar-refractivity contribution >= 4 is 17.5 Å². The number of hydrogen-bond donors (Lipinski definition) is 1. The van der Waals surface area contributed by atoms with Gasteiger partial charge >= 0.3 is 0 Å². The second kappa shape index (κ2) is 7.87. The molecule has 2 amide bonds. The highest BCUT2D eigenvalue weighted by atomic mass is 19.1. The largest absolute Gasteiger partial charge is 0.325 e. The van der Waals surface area contributed by atoms with Crippen molar-refractivity contribution in [2.45, 2.75) is 18.9 Å². The third-order valence-electron chi connectivity index (χ3n) is 5.17. The Morgan fingerprint density at radius 2 is 1.90 bits per heavy atom. The summed E-state index contributed by atoms with van der Waals surface area (Å²) in [6, 6.07) is 14.7. The predicted molar refractivity (Wildman–Crippen MR) is 108 cm³/mol. The minimum Gasteiger partial charge on any atom is -0.325 e. The molecule has 0 spiro atoms. The first-order valence-electron chi connectivity index (χ1n) is 9.49. The second-order valence-electron chi connectivity index (χ2n) is 7.07. The predicted octanol–water partition coefficient (Wildman–Crippen LogP) is 3.47. The number of aryl methyl sites for hydroxylation is 1. The number of benzene rings is 2. The van der Waals surface area contributed by atoms with E-state index in [2.05, 4.69) is 10.4 Å². The van der Waals surface area contributed by atoms with E-state index in [1.54, 1.807) is 42.4 Å². The van der Waals surface area contributed by atoms with Gasteiger partial charge in [0, 0.05) is 25.5 Å². The average Bonchev–Trinajstić information content (AvgIpc) is 3.37. The average molecular weight is 392 g/mol. The standard InChI is InChI=1S/C22H21FN4O2/c1-26-20(11-12-24-26)22(29)27-13-3-6-19(27)21(28)25-18-9-7-15(8-10-18)16-4-2-5-17(23)14-16/h2,4-5,7-12,14,19H,3,6,13H2,1H3,(H,25,28)/t19-/m0/s1. The highest BCUT2D eigenvalue weighted by Crippen LogP contribution is 2.24. The number of halogens is 1. The number of hydrogen-bond acceptors (Lipinski definition) is 3. The van der Waals surface area contributed by atoms with Gasteiger partial charge in [0.2, 0.25) is 5.91 Å². The molecule has 29 heavy (non-hydrogen) atoms. The van der Waals surface area contributed by atoms with Crippen molar-refractivity contribution in [2.75, 3.05) is 11.9 Å². The first kappa shape index (κ1) is 18.9. The highest BCUT2D eigenvalue weighted by molar-refractivity contribution is 6.01. The maximum atomic E-state index is 13.4. The van der Waals surface area contributed by atoms with Crippen molar-refractivity contribution in [3.05, 3.63) is 72.3 Å². The number of nitrogens with zero attached hydrogens (tertiary/aromatic N) is 3. The molecule has 0 radical (unpaired) electrons. The molecule has 0 bridgehead atoms. The molecular formula is C22H21FN4O2. The Morgan fingerprint density at radius 3 is 2.59 bits per heavy atom. The van der Waals surface area contributed by atoms with E-state index in [0.29, 0.717) is 24.3 Å². The van der Waals surface area contributed by atoms with Crippen molar-refractivity contribution in [3.8, 4) is 11.1 Å². The number of amides is 2. The molecule has 148 valence electrons. The van der Waals surface area contributed by atoms with Crippen molar-refractivity contribution in [2.24, 2.45) is 7.05 Å². The van der Waals surface area contributed by atoms with E-state index in [0.717, 1.165) is 17.5 Å². The van der Waals surface area contributed by atoms with Gasteiger partial charge in [-0.1, -0.05) is 24.3 Å². The topological polar surface area (TPSA) is 67.2 Å². The fourth-order valence-electron chi connectivity index (χ4n) is 3.65. The maximum Gasteiger partial charge on any atom is 0.272 e. The summed E-state index contributed by atoms with van der Waals surface area (Å²) in [6.07, 6.45) is 2.97. The van der Waals surface area contributed by atoms with Crippen molar-refractivity contribution < 1.29 is 14.0 Å². The van der Waals surface area contributed by atoms with Crippen LogP contribution in [0.3, 0.4) is 0 Å². The lowest BCUT2D eigenvalue weighted by atomic mass is 10.1.